The van der Waals surface area contributed by atoms with Crippen LogP contribution in [0.1, 0.15) is 33.1 Å². The third-order valence-electron chi connectivity index (χ3n) is 1.88. The monoisotopic (exact) mass is 250 g/mol. The summed E-state index contributed by atoms with van der Waals surface area (Å²) in [6.45, 7) is 4.65. The number of aliphatic imine (C=N–C) groups is 1. The highest BCUT2D eigenvalue weighted by Crippen LogP contribution is 2.14. The van der Waals surface area contributed by atoms with Crippen molar-refractivity contribution < 1.29 is 9.13 Å². The zero-order valence-corrected chi connectivity index (χ0v) is 10.6. The van der Waals surface area contributed by atoms with Crippen LogP contribution >= 0.6 is 11.6 Å². The van der Waals surface area contributed by atoms with Crippen LogP contribution in [0.5, 0.6) is 0 Å². The highest BCUT2D eigenvalue weighted by Gasteiger charge is 2.12. The molecule has 1 heterocycles. The van der Waals surface area contributed by atoms with Gasteiger partial charge in [0, 0.05) is 18.4 Å². The number of alkyl halides is 1. The Morgan fingerprint density at radius 3 is 2.75 bits per heavy atom. The molecule has 3 nitrogen and oxygen atoms in total. The molecular weight excluding hydrogens is 231 g/mol. The Morgan fingerprint density at radius 1 is 1.56 bits per heavy atom. The number of nitrogens with two attached hydrogens (primary N) is 1. The van der Waals surface area contributed by atoms with E-state index < -0.39 is 5.97 Å². The minimum atomic E-state index is -0.616. The number of hydrogen-bond acceptors (Lipinski definition) is 3. The van der Waals surface area contributed by atoms with Gasteiger partial charge in [0.05, 0.1) is 5.88 Å². The lowest BCUT2D eigenvalue weighted by Crippen LogP contribution is -2.17. The summed E-state index contributed by atoms with van der Waals surface area (Å²) in [7, 11) is 0. The molecular formula is C11H20ClFN2O. The Balaban J connectivity index is 0.00000106. The zero-order chi connectivity index (χ0) is 12.4. The normalized spacial score (nSPS) is 22.4. The Morgan fingerprint density at radius 2 is 2.25 bits per heavy atom. The minimum Gasteiger partial charge on any atom is -0.401 e. The van der Waals surface area contributed by atoms with Gasteiger partial charge in [-0.25, -0.2) is 4.99 Å². The molecule has 1 rings (SSSR count). The van der Waals surface area contributed by atoms with Crippen molar-refractivity contribution in [2.45, 2.75) is 39.3 Å². The molecule has 1 atom stereocenters. The molecule has 0 aromatic carbocycles. The Kier molecular flexibility index (Phi) is 9.24. The van der Waals surface area contributed by atoms with Gasteiger partial charge in [0.25, 0.3) is 0 Å². The van der Waals surface area contributed by atoms with Gasteiger partial charge in [0.2, 0.25) is 5.97 Å². The fourth-order valence-electron chi connectivity index (χ4n) is 1.19. The molecule has 5 heteroatoms. The van der Waals surface area contributed by atoms with Crippen LogP contribution in [-0.2, 0) is 4.74 Å². The number of rotatable bonds is 3. The number of nitrogens with zero attached hydrogens (tertiary/aromatic N) is 1. The maximum absolute atomic E-state index is 13.1. The van der Waals surface area contributed by atoms with Crippen molar-refractivity contribution in [1.82, 2.24) is 0 Å². The van der Waals surface area contributed by atoms with Crippen molar-refractivity contribution in [2.24, 2.45) is 10.7 Å². The smallest absolute Gasteiger partial charge is 0.212 e. The van der Waals surface area contributed by atoms with Gasteiger partial charge in [-0.1, -0.05) is 13.8 Å². The van der Waals surface area contributed by atoms with Crippen molar-refractivity contribution in [3.05, 3.63) is 11.8 Å². The van der Waals surface area contributed by atoms with E-state index in [-0.39, 0.29) is 17.8 Å². The summed E-state index contributed by atoms with van der Waals surface area (Å²) in [4.78, 5) is 3.74. The average Bonchev–Trinajstić information content (AvgIpc) is 2.32. The van der Waals surface area contributed by atoms with E-state index in [2.05, 4.69) is 4.99 Å². The summed E-state index contributed by atoms with van der Waals surface area (Å²) < 4.78 is 18.3. The minimum absolute atomic E-state index is 0.106. The number of halogens is 2. The lowest BCUT2D eigenvalue weighted by Gasteiger charge is -2.18. The van der Waals surface area contributed by atoms with E-state index in [0.29, 0.717) is 6.61 Å². The molecule has 1 aliphatic heterocycles. The van der Waals surface area contributed by atoms with E-state index in [4.69, 9.17) is 22.1 Å². The Labute approximate surface area is 102 Å². The lowest BCUT2D eigenvalue weighted by molar-refractivity contribution is 0.0218. The van der Waals surface area contributed by atoms with Crippen LogP contribution in [0.4, 0.5) is 4.39 Å². The predicted molar refractivity (Wildman–Crippen MR) is 66.5 cm³/mol. The Hall–Kier alpha value is -0.610. The van der Waals surface area contributed by atoms with E-state index in [9.17, 15) is 4.39 Å². The first-order chi connectivity index (χ1) is 7.72. The van der Waals surface area contributed by atoms with E-state index in [0.717, 1.165) is 25.3 Å². The van der Waals surface area contributed by atoms with Gasteiger partial charge in [-0.15, -0.1) is 11.6 Å². The molecule has 0 aromatic heterocycles. The van der Waals surface area contributed by atoms with Crippen molar-refractivity contribution in [3.8, 4) is 0 Å². The molecule has 0 saturated carbocycles. The number of hydrogen-bond donors (Lipinski definition) is 1. The second-order valence-electron chi connectivity index (χ2n) is 3.13. The molecule has 1 unspecified atom stereocenters. The quantitative estimate of drug-likeness (QED) is 0.618. The fraction of sp³-hybridized carbons (Fsp3) is 0.727. The van der Waals surface area contributed by atoms with Crippen LogP contribution in [0.2, 0.25) is 0 Å². The van der Waals surface area contributed by atoms with Gasteiger partial charge in [-0.2, -0.15) is 4.39 Å². The van der Waals surface area contributed by atoms with Gasteiger partial charge >= 0.3 is 0 Å². The average molecular weight is 251 g/mol. The molecule has 1 saturated heterocycles. The highest BCUT2D eigenvalue weighted by atomic mass is 35.5. The Bertz CT molecular complexity index is 238. The van der Waals surface area contributed by atoms with E-state index in [1.807, 2.05) is 13.8 Å². The van der Waals surface area contributed by atoms with E-state index in [1.165, 1.54) is 0 Å². The summed E-state index contributed by atoms with van der Waals surface area (Å²) in [5, 5.41) is 0. The third-order valence-corrected chi connectivity index (χ3v) is 2.19. The molecule has 2 N–H and O–H groups in total. The van der Waals surface area contributed by atoms with Gasteiger partial charge in [0.1, 0.15) is 0 Å². The third kappa shape index (κ3) is 6.80. The van der Waals surface area contributed by atoms with Crippen molar-refractivity contribution in [3.63, 3.8) is 0 Å². The molecule has 0 radical (unpaired) electrons. The highest BCUT2D eigenvalue weighted by molar-refractivity contribution is 6.19. The molecule has 0 aliphatic carbocycles. The van der Waals surface area contributed by atoms with Crippen LogP contribution in [0.15, 0.2) is 16.8 Å². The second-order valence-corrected chi connectivity index (χ2v) is 3.39. The summed E-state index contributed by atoms with van der Waals surface area (Å²) in [5.74, 6) is -0.510. The molecule has 0 aromatic rings. The number of ether oxygens (including phenoxy) is 1. The summed E-state index contributed by atoms with van der Waals surface area (Å²) in [6.07, 6.45) is 3.58. The molecule has 1 aliphatic rings. The van der Waals surface area contributed by atoms with Crippen molar-refractivity contribution in [1.29, 1.82) is 0 Å². The fourth-order valence-corrected chi connectivity index (χ4v) is 1.27. The summed E-state index contributed by atoms with van der Waals surface area (Å²) in [6, 6.07) is 0. The first kappa shape index (κ1) is 15.4. The molecule has 1 fully saturated rings. The first-order valence-corrected chi connectivity index (χ1v) is 6.12. The van der Waals surface area contributed by atoms with Gasteiger partial charge in [0.15, 0.2) is 6.23 Å². The van der Waals surface area contributed by atoms with Crippen molar-refractivity contribution in [2.75, 3.05) is 12.5 Å². The van der Waals surface area contributed by atoms with Crippen molar-refractivity contribution >= 4 is 17.6 Å². The maximum Gasteiger partial charge on any atom is 0.212 e. The summed E-state index contributed by atoms with van der Waals surface area (Å²) >= 11 is 5.39. The molecule has 94 valence electrons. The molecule has 0 bridgehead atoms. The second kappa shape index (κ2) is 9.60. The van der Waals surface area contributed by atoms with Crippen LogP contribution in [0.25, 0.3) is 0 Å². The van der Waals surface area contributed by atoms with E-state index in [1.54, 1.807) is 0 Å². The summed E-state index contributed by atoms with van der Waals surface area (Å²) in [5.41, 5.74) is 5.61. The van der Waals surface area contributed by atoms with Crippen LogP contribution in [0, 0.1) is 0 Å². The van der Waals surface area contributed by atoms with Crippen LogP contribution in [0.3, 0.4) is 0 Å². The number of allylic oxidation sites excluding steroid dienone is 2. The van der Waals surface area contributed by atoms with Gasteiger partial charge < -0.3 is 10.5 Å². The first-order valence-electron chi connectivity index (χ1n) is 5.59. The molecule has 0 amide bonds. The molecule has 0 spiro atoms. The SMILES string of the molecule is CC.N/C(=C\C(F)=N\C1CCCCO1)CCl. The topological polar surface area (TPSA) is 47.6 Å². The van der Waals surface area contributed by atoms with Gasteiger partial charge in [-0.05, 0) is 19.3 Å². The van der Waals surface area contributed by atoms with Crippen LogP contribution in [-0.4, -0.2) is 24.7 Å². The van der Waals surface area contributed by atoms with Gasteiger partial charge in [-0.3, -0.25) is 0 Å². The van der Waals surface area contributed by atoms with Crippen LogP contribution < -0.4 is 5.73 Å². The zero-order valence-electron chi connectivity index (χ0n) is 9.88. The maximum atomic E-state index is 13.1. The van der Waals surface area contributed by atoms with E-state index >= 15 is 0 Å². The molecule has 16 heavy (non-hydrogen) atoms. The predicted octanol–water partition coefficient (Wildman–Crippen LogP) is 2.99. The standard InChI is InChI=1S/C9H14ClFN2O.C2H6/c10-6-7(12)5-8(11)13-9-3-1-2-4-14-9;1-2/h5,9H,1-4,6,12H2;1-2H3/b7-5-,13-8-;. The lowest BCUT2D eigenvalue weighted by atomic mass is 10.2. The largest absolute Gasteiger partial charge is 0.401 e.